The lowest BCUT2D eigenvalue weighted by atomic mass is 10.1. The van der Waals surface area contributed by atoms with E-state index in [1.54, 1.807) is 4.90 Å². The molecule has 1 saturated heterocycles. The molecule has 2 rings (SSSR count). The summed E-state index contributed by atoms with van der Waals surface area (Å²) in [6, 6.07) is 3.29. The second kappa shape index (κ2) is 4.33. The zero-order chi connectivity index (χ0) is 12.6. The van der Waals surface area contributed by atoms with E-state index in [1.807, 2.05) is 6.92 Å². The topological polar surface area (TPSA) is 66.6 Å². The maximum absolute atomic E-state index is 13.0. The third-order valence-electron chi connectivity index (χ3n) is 3.15. The zero-order valence-corrected chi connectivity index (χ0v) is 9.56. The molecule has 0 saturated carbocycles. The summed E-state index contributed by atoms with van der Waals surface area (Å²) in [7, 11) is 0. The number of phenols is 1. The molecule has 1 aromatic carbocycles. The third-order valence-corrected chi connectivity index (χ3v) is 3.15. The smallest absolute Gasteiger partial charge is 0.257 e. The molecule has 1 aromatic rings. The average Bonchev–Trinajstić information content (AvgIpc) is 2.62. The minimum absolute atomic E-state index is 0.00806. The molecule has 1 aliphatic rings. The van der Waals surface area contributed by atoms with Gasteiger partial charge in [0.2, 0.25) is 0 Å². The second-order valence-corrected chi connectivity index (χ2v) is 4.51. The summed E-state index contributed by atoms with van der Waals surface area (Å²) >= 11 is 0. The number of carbonyl (C=O) groups is 1. The third kappa shape index (κ3) is 2.24. The molecule has 0 aliphatic carbocycles. The average molecular weight is 238 g/mol. The number of amides is 1. The first-order valence-corrected chi connectivity index (χ1v) is 5.52. The molecular weight excluding hydrogens is 223 g/mol. The number of likely N-dealkylation sites (tertiary alicyclic amines) is 1. The van der Waals surface area contributed by atoms with Crippen LogP contribution in [0.3, 0.4) is 0 Å². The maximum Gasteiger partial charge on any atom is 0.257 e. The van der Waals surface area contributed by atoms with E-state index < -0.39 is 5.82 Å². The number of benzene rings is 1. The van der Waals surface area contributed by atoms with Gasteiger partial charge in [0, 0.05) is 19.1 Å². The molecule has 0 spiro atoms. The van der Waals surface area contributed by atoms with Gasteiger partial charge in [-0.2, -0.15) is 0 Å². The summed E-state index contributed by atoms with van der Waals surface area (Å²) in [6.07, 6.45) is 0. The highest BCUT2D eigenvalue weighted by Gasteiger charge is 2.31. The first-order valence-electron chi connectivity index (χ1n) is 5.52. The van der Waals surface area contributed by atoms with Crippen molar-refractivity contribution >= 4 is 5.91 Å². The Morgan fingerprint density at radius 1 is 1.53 bits per heavy atom. The number of aromatic hydroxyl groups is 1. The van der Waals surface area contributed by atoms with Crippen molar-refractivity contribution in [2.24, 2.45) is 11.7 Å². The Balaban J connectivity index is 2.23. The molecule has 17 heavy (non-hydrogen) atoms. The normalized spacial score (nSPS) is 24.1. The highest BCUT2D eigenvalue weighted by molar-refractivity contribution is 5.97. The Kier molecular flexibility index (Phi) is 3.02. The number of carbonyl (C=O) groups excluding carboxylic acids is 1. The zero-order valence-electron chi connectivity index (χ0n) is 9.56. The quantitative estimate of drug-likeness (QED) is 0.765. The number of hydrogen-bond donors (Lipinski definition) is 2. The Morgan fingerprint density at radius 3 is 2.82 bits per heavy atom. The van der Waals surface area contributed by atoms with Crippen LogP contribution in [0.1, 0.15) is 17.3 Å². The van der Waals surface area contributed by atoms with Crippen molar-refractivity contribution in [3.63, 3.8) is 0 Å². The van der Waals surface area contributed by atoms with E-state index in [1.165, 1.54) is 6.07 Å². The lowest BCUT2D eigenvalue weighted by Gasteiger charge is -2.16. The van der Waals surface area contributed by atoms with Gasteiger partial charge in [-0.15, -0.1) is 0 Å². The van der Waals surface area contributed by atoms with Gasteiger partial charge in [0.1, 0.15) is 11.6 Å². The molecule has 0 aromatic heterocycles. The predicted octanol–water partition coefficient (Wildman–Crippen LogP) is 0.950. The van der Waals surface area contributed by atoms with E-state index >= 15 is 0 Å². The van der Waals surface area contributed by atoms with Crippen molar-refractivity contribution in [1.29, 1.82) is 0 Å². The highest BCUT2D eigenvalue weighted by Crippen LogP contribution is 2.23. The largest absolute Gasteiger partial charge is 0.507 e. The van der Waals surface area contributed by atoms with Crippen LogP contribution in [0.5, 0.6) is 5.75 Å². The molecule has 1 amide bonds. The molecule has 2 atom stereocenters. The molecule has 92 valence electrons. The predicted molar refractivity (Wildman–Crippen MR) is 61.1 cm³/mol. The summed E-state index contributed by atoms with van der Waals surface area (Å²) < 4.78 is 13.0. The summed E-state index contributed by atoms with van der Waals surface area (Å²) in [5.74, 6) is -0.899. The molecule has 5 heteroatoms. The number of nitrogens with two attached hydrogens (primary N) is 1. The van der Waals surface area contributed by atoms with Crippen molar-refractivity contribution in [3.05, 3.63) is 29.6 Å². The van der Waals surface area contributed by atoms with Gasteiger partial charge < -0.3 is 15.7 Å². The molecule has 0 radical (unpaired) electrons. The molecule has 1 aliphatic heterocycles. The van der Waals surface area contributed by atoms with Crippen LogP contribution in [0.25, 0.3) is 0 Å². The van der Waals surface area contributed by atoms with E-state index in [0.29, 0.717) is 13.1 Å². The van der Waals surface area contributed by atoms with Crippen molar-refractivity contribution in [2.45, 2.75) is 13.0 Å². The van der Waals surface area contributed by atoms with E-state index in [0.717, 1.165) is 12.1 Å². The van der Waals surface area contributed by atoms with E-state index in [4.69, 9.17) is 5.73 Å². The van der Waals surface area contributed by atoms with Gasteiger partial charge >= 0.3 is 0 Å². The molecule has 3 N–H and O–H groups in total. The first-order chi connectivity index (χ1) is 7.99. The number of halogens is 1. The standard InChI is InChI=1S/C12H15FN2O2/c1-7-5-15(6-10(7)14)12(17)9-4-8(13)2-3-11(9)16/h2-4,7,10,16H,5-6,14H2,1H3. The molecule has 4 nitrogen and oxygen atoms in total. The van der Waals surface area contributed by atoms with Crippen molar-refractivity contribution in [2.75, 3.05) is 13.1 Å². The number of nitrogens with zero attached hydrogens (tertiary/aromatic N) is 1. The number of rotatable bonds is 1. The van der Waals surface area contributed by atoms with Crippen molar-refractivity contribution in [3.8, 4) is 5.75 Å². The van der Waals surface area contributed by atoms with Gasteiger partial charge in [-0.25, -0.2) is 4.39 Å². The van der Waals surface area contributed by atoms with Crippen LogP contribution in [0.2, 0.25) is 0 Å². The fraction of sp³-hybridized carbons (Fsp3) is 0.417. The minimum atomic E-state index is -0.539. The molecule has 0 bridgehead atoms. The summed E-state index contributed by atoms with van der Waals surface area (Å²) in [5.41, 5.74) is 5.81. The summed E-state index contributed by atoms with van der Waals surface area (Å²) in [4.78, 5) is 13.6. The Hall–Kier alpha value is -1.62. The number of phenolic OH excluding ortho intramolecular Hbond substituents is 1. The van der Waals surface area contributed by atoms with Gasteiger partial charge in [0.15, 0.2) is 0 Å². The van der Waals surface area contributed by atoms with Crippen molar-refractivity contribution in [1.82, 2.24) is 4.90 Å². The minimum Gasteiger partial charge on any atom is -0.507 e. The van der Waals surface area contributed by atoms with Gasteiger partial charge in [-0.1, -0.05) is 6.92 Å². The second-order valence-electron chi connectivity index (χ2n) is 4.51. The maximum atomic E-state index is 13.0. The molecular formula is C12H15FN2O2. The van der Waals surface area contributed by atoms with Crippen LogP contribution >= 0.6 is 0 Å². The summed E-state index contributed by atoms with van der Waals surface area (Å²) in [5, 5.41) is 9.55. The van der Waals surface area contributed by atoms with E-state index in [9.17, 15) is 14.3 Å². The molecule has 2 unspecified atom stereocenters. The van der Waals surface area contributed by atoms with Crippen LogP contribution in [0.15, 0.2) is 18.2 Å². The first kappa shape index (κ1) is 11.9. The number of hydrogen-bond acceptors (Lipinski definition) is 3. The van der Waals surface area contributed by atoms with Gasteiger partial charge in [0.25, 0.3) is 5.91 Å². The lowest BCUT2D eigenvalue weighted by molar-refractivity contribution is 0.0783. The summed E-state index contributed by atoms with van der Waals surface area (Å²) in [6.45, 7) is 2.94. The van der Waals surface area contributed by atoms with Crippen LogP contribution in [-0.4, -0.2) is 35.0 Å². The highest BCUT2D eigenvalue weighted by atomic mass is 19.1. The van der Waals surface area contributed by atoms with Gasteiger partial charge in [-0.3, -0.25) is 4.79 Å². The van der Waals surface area contributed by atoms with E-state index in [-0.39, 0.29) is 29.2 Å². The van der Waals surface area contributed by atoms with Crippen LogP contribution in [0, 0.1) is 11.7 Å². The van der Waals surface area contributed by atoms with Crippen LogP contribution < -0.4 is 5.73 Å². The van der Waals surface area contributed by atoms with Crippen molar-refractivity contribution < 1.29 is 14.3 Å². The van der Waals surface area contributed by atoms with E-state index in [2.05, 4.69) is 0 Å². The monoisotopic (exact) mass is 238 g/mol. The van der Waals surface area contributed by atoms with Crippen LogP contribution in [0.4, 0.5) is 4.39 Å². The van der Waals surface area contributed by atoms with Gasteiger partial charge in [-0.05, 0) is 24.1 Å². The van der Waals surface area contributed by atoms with Gasteiger partial charge in [0.05, 0.1) is 5.56 Å². The molecule has 1 fully saturated rings. The molecule has 1 heterocycles. The Bertz CT molecular complexity index is 440. The van der Waals surface area contributed by atoms with Crippen LogP contribution in [-0.2, 0) is 0 Å². The SMILES string of the molecule is CC1CN(C(=O)c2cc(F)ccc2O)CC1N. The fourth-order valence-electron chi connectivity index (χ4n) is 2.01. The lowest BCUT2D eigenvalue weighted by Crippen LogP contribution is -2.32. The Morgan fingerprint density at radius 2 is 2.24 bits per heavy atom. The fourth-order valence-corrected chi connectivity index (χ4v) is 2.01. The Labute approximate surface area is 98.8 Å².